The molecule has 1 aromatic heterocycles. The molecule has 2 aromatic rings. The second kappa shape index (κ2) is 6.57. The molecule has 6 heteroatoms. The van der Waals surface area contributed by atoms with Crippen molar-refractivity contribution in [3.05, 3.63) is 46.2 Å². The number of rotatable bonds is 1. The van der Waals surface area contributed by atoms with Crippen LogP contribution in [0.1, 0.15) is 30.6 Å². The molecule has 1 aliphatic rings. The van der Waals surface area contributed by atoms with Gasteiger partial charge in [0.25, 0.3) is 11.5 Å². The van der Waals surface area contributed by atoms with Crippen molar-refractivity contribution in [1.29, 1.82) is 0 Å². The first-order valence-corrected chi connectivity index (χ1v) is 7.95. The number of fused-ring (bicyclic) bond motifs is 1. The number of carbonyl (C=O) groups is 1. The third-order valence-corrected chi connectivity index (χ3v) is 4.98. The van der Waals surface area contributed by atoms with E-state index in [4.69, 9.17) is 5.73 Å². The topological polar surface area (TPSA) is 68.3 Å². The van der Waals surface area contributed by atoms with Crippen molar-refractivity contribution in [3.63, 3.8) is 0 Å². The second-order valence-electron chi connectivity index (χ2n) is 7.08. The van der Waals surface area contributed by atoms with Gasteiger partial charge in [-0.05, 0) is 17.9 Å². The summed E-state index contributed by atoms with van der Waals surface area (Å²) < 4.78 is 1.57. The molecular formula is C18H24ClN3O2. The number of para-hydroxylation sites is 1. The van der Waals surface area contributed by atoms with Gasteiger partial charge in [0.1, 0.15) is 0 Å². The van der Waals surface area contributed by atoms with Gasteiger partial charge in [-0.3, -0.25) is 9.59 Å². The number of amides is 1. The van der Waals surface area contributed by atoms with Crippen molar-refractivity contribution in [1.82, 2.24) is 9.47 Å². The standard InChI is InChI=1S/C18H23N3O2.ClH/c1-18(2)11-21(9-8-15(18)19)17(23)13-10-16(22)20(3)14-7-5-4-6-12(13)14;/h4-7,10,15H,8-9,11,19H2,1-3H3;1H. The number of carbonyl (C=O) groups excluding carboxylic acids is 1. The first kappa shape index (κ1) is 18.5. The fraction of sp³-hybridized carbons (Fsp3) is 0.444. The van der Waals surface area contributed by atoms with Crippen molar-refractivity contribution in [2.24, 2.45) is 18.2 Å². The van der Waals surface area contributed by atoms with Crippen LogP contribution in [0, 0.1) is 5.41 Å². The lowest BCUT2D eigenvalue weighted by Gasteiger charge is -2.42. The van der Waals surface area contributed by atoms with Crippen molar-refractivity contribution in [2.75, 3.05) is 13.1 Å². The van der Waals surface area contributed by atoms with E-state index < -0.39 is 0 Å². The first-order valence-electron chi connectivity index (χ1n) is 7.95. The van der Waals surface area contributed by atoms with Gasteiger partial charge in [-0.2, -0.15) is 0 Å². The number of nitrogens with zero attached hydrogens (tertiary/aromatic N) is 2. The molecule has 1 aliphatic heterocycles. The van der Waals surface area contributed by atoms with Gasteiger partial charge in [-0.1, -0.05) is 32.0 Å². The number of nitrogens with two attached hydrogens (primary N) is 1. The van der Waals surface area contributed by atoms with Gasteiger partial charge in [0.05, 0.1) is 11.1 Å². The molecule has 0 radical (unpaired) electrons. The minimum Gasteiger partial charge on any atom is -0.338 e. The number of likely N-dealkylation sites (tertiary alicyclic amines) is 1. The van der Waals surface area contributed by atoms with E-state index >= 15 is 0 Å². The first-order chi connectivity index (χ1) is 10.8. The third-order valence-electron chi connectivity index (χ3n) is 4.98. The van der Waals surface area contributed by atoms with E-state index in [2.05, 4.69) is 13.8 Å². The average Bonchev–Trinajstić information content (AvgIpc) is 2.53. The Balaban J connectivity index is 0.00000208. The number of benzene rings is 1. The maximum absolute atomic E-state index is 13.0. The van der Waals surface area contributed by atoms with Crippen molar-refractivity contribution in [3.8, 4) is 0 Å². The summed E-state index contributed by atoms with van der Waals surface area (Å²) in [5.41, 5.74) is 7.12. The Bertz CT molecular complexity index is 829. The molecule has 24 heavy (non-hydrogen) atoms. The summed E-state index contributed by atoms with van der Waals surface area (Å²) >= 11 is 0. The van der Waals surface area contributed by atoms with E-state index in [1.54, 1.807) is 11.6 Å². The predicted molar refractivity (Wildman–Crippen MR) is 98.7 cm³/mol. The average molecular weight is 350 g/mol. The van der Waals surface area contributed by atoms with Gasteiger partial charge >= 0.3 is 0 Å². The maximum Gasteiger partial charge on any atom is 0.254 e. The zero-order chi connectivity index (χ0) is 16.8. The minimum absolute atomic E-state index is 0. The van der Waals surface area contributed by atoms with Crippen LogP contribution in [0.2, 0.25) is 0 Å². The Kier molecular flexibility index (Phi) is 5.06. The maximum atomic E-state index is 13.0. The van der Waals surface area contributed by atoms with E-state index in [0.29, 0.717) is 18.7 Å². The summed E-state index contributed by atoms with van der Waals surface area (Å²) in [7, 11) is 1.72. The van der Waals surface area contributed by atoms with E-state index in [-0.39, 0.29) is 35.3 Å². The van der Waals surface area contributed by atoms with Crippen LogP contribution in [0.15, 0.2) is 35.1 Å². The fourth-order valence-electron chi connectivity index (χ4n) is 3.31. The number of halogens is 1. The van der Waals surface area contributed by atoms with Crippen LogP contribution in [0.3, 0.4) is 0 Å². The van der Waals surface area contributed by atoms with Crippen LogP contribution in [0.25, 0.3) is 10.9 Å². The molecule has 1 aromatic carbocycles. The zero-order valence-electron chi connectivity index (χ0n) is 14.3. The van der Waals surface area contributed by atoms with Crippen LogP contribution in [-0.2, 0) is 7.05 Å². The highest BCUT2D eigenvalue weighted by Gasteiger charge is 2.36. The number of piperidine rings is 1. The lowest BCUT2D eigenvalue weighted by atomic mass is 9.79. The molecule has 3 rings (SSSR count). The number of hydrogen-bond donors (Lipinski definition) is 1. The Morgan fingerprint density at radius 1 is 1.29 bits per heavy atom. The third kappa shape index (κ3) is 3.06. The van der Waals surface area contributed by atoms with Gasteiger partial charge in [-0.25, -0.2) is 0 Å². The molecule has 2 N–H and O–H groups in total. The van der Waals surface area contributed by atoms with Crippen molar-refractivity contribution >= 4 is 29.2 Å². The van der Waals surface area contributed by atoms with Crippen LogP contribution in [0.5, 0.6) is 0 Å². The van der Waals surface area contributed by atoms with Gasteiger partial charge < -0.3 is 15.2 Å². The van der Waals surface area contributed by atoms with Crippen LogP contribution in [0.4, 0.5) is 0 Å². The smallest absolute Gasteiger partial charge is 0.254 e. The van der Waals surface area contributed by atoms with E-state index in [1.165, 1.54) is 6.07 Å². The summed E-state index contributed by atoms with van der Waals surface area (Å²) in [5, 5.41) is 0.812. The summed E-state index contributed by atoms with van der Waals surface area (Å²) in [6.45, 7) is 5.40. The summed E-state index contributed by atoms with van der Waals surface area (Å²) in [6, 6.07) is 9.06. The molecule has 130 valence electrons. The molecule has 1 saturated heterocycles. The van der Waals surface area contributed by atoms with E-state index in [1.807, 2.05) is 29.2 Å². The van der Waals surface area contributed by atoms with Gasteiger partial charge in [0.2, 0.25) is 0 Å². The fourth-order valence-corrected chi connectivity index (χ4v) is 3.31. The highest BCUT2D eigenvalue weighted by molar-refractivity contribution is 6.06. The predicted octanol–water partition coefficient (Wildman–Crippen LogP) is 2.16. The van der Waals surface area contributed by atoms with Crippen LogP contribution < -0.4 is 11.3 Å². The Morgan fingerprint density at radius 3 is 2.62 bits per heavy atom. The highest BCUT2D eigenvalue weighted by atomic mass is 35.5. The van der Waals surface area contributed by atoms with E-state index in [9.17, 15) is 9.59 Å². The molecule has 1 amide bonds. The number of pyridine rings is 1. The number of aromatic nitrogens is 1. The molecule has 0 bridgehead atoms. The zero-order valence-corrected chi connectivity index (χ0v) is 15.1. The quantitative estimate of drug-likeness (QED) is 0.857. The lowest BCUT2D eigenvalue weighted by molar-refractivity contribution is 0.0534. The SMILES string of the molecule is Cl.Cn1c(=O)cc(C(=O)N2CCC(N)C(C)(C)C2)c2ccccc21. The molecular weight excluding hydrogens is 326 g/mol. The molecule has 5 nitrogen and oxygen atoms in total. The number of aryl methyl sites for hydroxylation is 1. The summed E-state index contributed by atoms with van der Waals surface area (Å²) in [6.07, 6.45) is 0.779. The van der Waals surface area contributed by atoms with Gasteiger partial charge in [0, 0.05) is 37.6 Å². The Labute approximate surface area is 147 Å². The van der Waals surface area contributed by atoms with Gasteiger partial charge in [-0.15, -0.1) is 12.4 Å². The normalized spacial score (nSPS) is 19.8. The van der Waals surface area contributed by atoms with Gasteiger partial charge in [0.15, 0.2) is 0 Å². The molecule has 1 atom stereocenters. The van der Waals surface area contributed by atoms with Crippen molar-refractivity contribution < 1.29 is 4.79 Å². The molecule has 2 heterocycles. The summed E-state index contributed by atoms with van der Waals surface area (Å²) in [5.74, 6) is -0.0844. The molecule has 0 saturated carbocycles. The van der Waals surface area contributed by atoms with Crippen molar-refractivity contribution in [2.45, 2.75) is 26.3 Å². The second-order valence-corrected chi connectivity index (χ2v) is 7.08. The van der Waals surface area contributed by atoms with Crippen LogP contribution in [-0.4, -0.2) is 34.5 Å². The molecule has 0 spiro atoms. The lowest BCUT2D eigenvalue weighted by Crippen LogP contribution is -2.54. The molecule has 1 fully saturated rings. The Hall–Kier alpha value is -1.85. The van der Waals surface area contributed by atoms with E-state index in [0.717, 1.165) is 17.3 Å². The monoisotopic (exact) mass is 349 g/mol. The summed E-state index contributed by atoms with van der Waals surface area (Å²) in [4.78, 5) is 27.0. The molecule has 0 aliphatic carbocycles. The molecule has 1 unspecified atom stereocenters. The highest BCUT2D eigenvalue weighted by Crippen LogP contribution is 2.29. The minimum atomic E-state index is -0.167. The number of hydrogen-bond acceptors (Lipinski definition) is 3. The van der Waals surface area contributed by atoms with Crippen LogP contribution >= 0.6 is 12.4 Å². The Morgan fingerprint density at radius 2 is 1.96 bits per heavy atom. The largest absolute Gasteiger partial charge is 0.338 e.